The number of rotatable bonds is 11. The van der Waals surface area contributed by atoms with Gasteiger partial charge >= 0.3 is 0 Å². The topological polar surface area (TPSA) is 39.7 Å². The zero-order chi connectivity index (χ0) is 22.1. The molecule has 3 rings (SSSR count). The van der Waals surface area contributed by atoms with Crippen LogP contribution in [0.3, 0.4) is 0 Å². The fourth-order valence-electron chi connectivity index (χ4n) is 3.73. The van der Waals surface area contributed by atoms with Gasteiger partial charge in [0.2, 0.25) is 0 Å². The van der Waals surface area contributed by atoms with Crippen molar-refractivity contribution in [2.24, 2.45) is 0 Å². The van der Waals surface area contributed by atoms with E-state index in [1.165, 1.54) is 16.7 Å². The molecule has 1 N–H and O–H groups in total. The van der Waals surface area contributed by atoms with Gasteiger partial charge in [-0.05, 0) is 67.8 Å². The summed E-state index contributed by atoms with van der Waals surface area (Å²) >= 11 is 0. The summed E-state index contributed by atoms with van der Waals surface area (Å²) in [7, 11) is 3.32. The molecule has 0 saturated heterocycles. The molecule has 0 amide bonds. The van der Waals surface area contributed by atoms with Crippen molar-refractivity contribution in [3.8, 4) is 17.2 Å². The molecule has 0 unspecified atom stereocenters. The van der Waals surface area contributed by atoms with E-state index in [1.54, 1.807) is 14.2 Å². The Morgan fingerprint density at radius 1 is 0.774 bits per heavy atom. The van der Waals surface area contributed by atoms with Gasteiger partial charge in [-0.25, -0.2) is 0 Å². The van der Waals surface area contributed by atoms with Crippen LogP contribution in [0.1, 0.15) is 42.9 Å². The molecule has 4 nitrogen and oxygen atoms in total. The van der Waals surface area contributed by atoms with E-state index < -0.39 is 0 Å². The molecule has 0 aliphatic heterocycles. The lowest BCUT2D eigenvalue weighted by molar-refractivity contribution is 0.242. The van der Waals surface area contributed by atoms with E-state index in [1.807, 2.05) is 26.0 Å². The van der Waals surface area contributed by atoms with Crippen molar-refractivity contribution >= 4 is 0 Å². The standard InChI is InChI=1S/C27H33NO3/c1-20(2)31-24-13-11-23(12-14-24)25(22-8-6-5-7-9-22)16-17-28-19-21-10-15-26(29-3)27(18-21)30-4/h5-15,18,20,25,28H,16-17,19H2,1-4H3/t25-/m1/s1. The van der Waals surface area contributed by atoms with Crippen molar-refractivity contribution in [2.45, 2.75) is 38.8 Å². The smallest absolute Gasteiger partial charge is 0.161 e. The van der Waals surface area contributed by atoms with Crippen LogP contribution in [0.25, 0.3) is 0 Å². The first-order valence-electron chi connectivity index (χ1n) is 10.8. The highest BCUT2D eigenvalue weighted by Crippen LogP contribution is 2.30. The molecular formula is C27H33NO3. The minimum absolute atomic E-state index is 0.177. The molecule has 0 radical (unpaired) electrons. The molecule has 1 atom stereocenters. The summed E-state index contributed by atoms with van der Waals surface area (Å²) in [6.07, 6.45) is 1.18. The first-order valence-corrected chi connectivity index (χ1v) is 10.8. The third kappa shape index (κ3) is 6.50. The van der Waals surface area contributed by atoms with Crippen molar-refractivity contribution in [3.63, 3.8) is 0 Å². The van der Waals surface area contributed by atoms with Crippen LogP contribution in [-0.2, 0) is 6.54 Å². The van der Waals surface area contributed by atoms with Gasteiger partial charge in [0.25, 0.3) is 0 Å². The number of methoxy groups -OCH3 is 2. The Kier molecular flexibility index (Phi) is 8.36. The summed E-state index contributed by atoms with van der Waals surface area (Å²) in [5.74, 6) is 2.75. The minimum atomic E-state index is 0.177. The number of benzene rings is 3. The van der Waals surface area contributed by atoms with Gasteiger partial charge in [-0.3, -0.25) is 0 Å². The Morgan fingerprint density at radius 3 is 2.10 bits per heavy atom. The average molecular weight is 420 g/mol. The van der Waals surface area contributed by atoms with E-state index in [4.69, 9.17) is 14.2 Å². The quantitative estimate of drug-likeness (QED) is 0.399. The molecule has 0 aromatic heterocycles. The highest BCUT2D eigenvalue weighted by molar-refractivity contribution is 5.43. The number of hydrogen-bond acceptors (Lipinski definition) is 4. The maximum absolute atomic E-state index is 5.81. The summed E-state index contributed by atoms with van der Waals surface area (Å²) in [6, 6.07) is 25.2. The van der Waals surface area contributed by atoms with Crippen LogP contribution in [0.2, 0.25) is 0 Å². The summed E-state index contributed by atoms with van der Waals surface area (Å²) in [6.45, 7) is 5.77. The number of ether oxygens (including phenoxy) is 3. The highest BCUT2D eigenvalue weighted by Gasteiger charge is 2.14. The molecule has 31 heavy (non-hydrogen) atoms. The molecule has 4 heteroatoms. The predicted molar refractivity (Wildman–Crippen MR) is 126 cm³/mol. The Morgan fingerprint density at radius 2 is 1.45 bits per heavy atom. The lowest BCUT2D eigenvalue weighted by Crippen LogP contribution is -2.18. The first kappa shape index (κ1) is 22.7. The molecule has 3 aromatic rings. The van der Waals surface area contributed by atoms with Gasteiger partial charge in [-0.15, -0.1) is 0 Å². The molecule has 0 fully saturated rings. The van der Waals surface area contributed by atoms with Crippen molar-refractivity contribution in [2.75, 3.05) is 20.8 Å². The van der Waals surface area contributed by atoms with E-state index in [0.717, 1.165) is 36.8 Å². The molecule has 0 spiro atoms. The van der Waals surface area contributed by atoms with Crippen LogP contribution < -0.4 is 19.5 Å². The summed E-state index contributed by atoms with van der Waals surface area (Å²) < 4.78 is 16.5. The van der Waals surface area contributed by atoms with Crippen LogP contribution in [0.4, 0.5) is 0 Å². The molecule has 3 aromatic carbocycles. The fourth-order valence-corrected chi connectivity index (χ4v) is 3.73. The van der Waals surface area contributed by atoms with E-state index in [9.17, 15) is 0 Å². The van der Waals surface area contributed by atoms with Crippen LogP contribution in [0, 0.1) is 0 Å². The number of hydrogen-bond donors (Lipinski definition) is 1. The monoisotopic (exact) mass is 419 g/mol. The van der Waals surface area contributed by atoms with Gasteiger partial charge in [0.15, 0.2) is 11.5 Å². The molecule has 0 heterocycles. The van der Waals surface area contributed by atoms with E-state index in [-0.39, 0.29) is 6.10 Å². The van der Waals surface area contributed by atoms with E-state index in [0.29, 0.717) is 5.92 Å². The minimum Gasteiger partial charge on any atom is -0.493 e. The fraction of sp³-hybridized carbons (Fsp3) is 0.333. The third-order valence-corrected chi connectivity index (χ3v) is 5.24. The van der Waals surface area contributed by atoms with Gasteiger partial charge in [0.05, 0.1) is 20.3 Å². The third-order valence-electron chi connectivity index (χ3n) is 5.24. The number of nitrogens with one attached hydrogen (secondary N) is 1. The maximum atomic E-state index is 5.81. The SMILES string of the molecule is COc1ccc(CNCC[C@H](c2ccccc2)c2ccc(OC(C)C)cc2)cc1OC. The van der Waals surface area contributed by atoms with Crippen molar-refractivity contribution < 1.29 is 14.2 Å². The normalized spacial score (nSPS) is 11.9. The lowest BCUT2D eigenvalue weighted by Gasteiger charge is -2.19. The van der Waals surface area contributed by atoms with Gasteiger partial charge in [0.1, 0.15) is 5.75 Å². The van der Waals surface area contributed by atoms with Gasteiger partial charge < -0.3 is 19.5 Å². The van der Waals surface area contributed by atoms with Gasteiger partial charge in [-0.1, -0.05) is 48.5 Å². The molecule has 0 aliphatic rings. The average Bonchev–Trinajstić information content (AvgIpc) is 2.80. The first-order chi connectivity index (χ1) is 15.1. The van der Waals surface area contributed by atoms with Gasteiger partial charge in [-0.2, -0.15) is 0 Å². The summed E-state index contributed by atoms with van der Waals surface area (Å²) in [5, 5.41) is 3.58. The summed E-state index contributed by atoms with van der Waals surface area (Å²) in [5.41, 5.74) is 3.80. The highest BCUT2D eigenvalue weighted by atomic mass is 16.5. The Bertz CT molecular complexity index is 923. The second kappa shape index (κ2) is 11.4. The maximum Gasteiger partial charge on any atom is 0.161 e. The molecule has 164 valence electrons. The second-order valence-corrected chi connectivity index (χ2v) is 7.85. The Balaban J connectivity index is 1.65. The van der Waals surface area contributed by atoms with Crippen molar-refractivity contribution in [3.05, 3.63) is 89.5 Å². The molecular weight excluding hydrogens is 386 g/mol. The molecule has 0 aliphatic carbocycles. The predicted octanol–water partition coefficient (Wildman–Crippen LogP) is 5.80. The van der Waals surface area contributed by atoms with E-state index >= 15 is 0 Å². The molecule has 0 bridgehead atoms. The second-order valence-electron chi connectivity index (χ2n) is 7.85. The Labute approximate surface area is 186 Å². The zero-order valence-electron chi connectivity index (χ0n) is 18.9. The van der Waals surface area contributed by atoms with E-state index in [2.05, 4.69) is 66.0 Å². The van der Waals surface area contributed by atoms with Crippen molar-refractivity contribution in [1.82, 2.24) is 5.32 Å². The van der Waals surface area contributed by atoms with Crippen LogP contribution in [-0.4, -0.2) is 26.9 Å². The largest absolute Gasteiger partial charge is 0.493 e. The molecule has 0 saturated carbocycles. The van der Waals surface area contributed by atoms with Crippen LogP contribution in [0.5, 0.6) is 17.2 Å². The van der Waals surface area contributed by atoms with Crippen LogP contribution in [0.15, 0.2) is 72.8 Å². The van der Waals surface area contributed by atoms with Crippen LogP contribution >= 0.6 is 0 Å². The Hall–Kier alpha value is -2.98. The van der Waals surface area contributed by atoms with Gasteiger partial charge in [0, 0.05) is 12.5 Å². The van der Waals surface area contributed by atoms with Crippen molar-refractivity contribution in [1.29, 1.82) is 0 Å². The zero-order valence-corrected chi connectivity index (χ0v) is 18.9. The lowest BCUT2D eigenvalue weighted by atomic mass is 9.88. The summed E-state index contributed by atoms with van der Waals surface area (Å²) in [4.78, 5) is 0.